The second kappa shape index (κ2) is 4.86. The van der Waals surface area contributed by atoms with E-state index >= 15 is 0 Å². The molecule has 0 aromatic heterocycles. The third-order valence-corrected chi connectivity index (χ3v) is 1.43. The molecule has 0 spiro atoms. The van der Waals surface area contributed by atoms with Crippen LogP contribution in [0.4, 0.5) is 4.79 Å². The molecule has 0 bridgehead atoms. The minimum atomic E-state index is -0.355. The summed E-state index contributed by atoms with van der Waals surface area (Å²) in [5, 5.41) is 0. The number of rotatable bonds is 2. The lowest BCUT2D eigenvalue weighted by atomic mass is 10.3. The number of amides is 3. The summed E-state index contributed by atoms with van der Waals surface area (Å²) in [5.74, 6) is -0.330. The molecule has 0 atom stereocenters. The maximum Gasteiger partial charge on any atom is 0.325 e. The van der Waals surface area contributed by atoms with Gasteiger partial charge in [-0.25, -0.2) is 4.79 Å². The van der Waals surface area contributed by atoms with Gasteiger partial charge in [0.2, 0.25) is 5.91 Å². The Labute approximate surface area is 79.7 Å². The van der Waals surface area contributed by atoms with Crippen molar-refractivity contribution in [1.82, 2.24) is 14.6 Å². The van der Waals surface area contributed by atoms with Gasteiger partial charge < -0.3 is 9.71 Å². The summed E-state index contributed by atoms with van der Waals surface area (Å²) in [6.45, 7) is 0.0239. The molecule has 0 aromatic rings. The van der Waals surface area contributed by atoms with Gasteiger partial charge in [-0.05, 0) is 7.05 Å². The van der Waals surface area contributed by atoms with E-state index in [2.05, 4.69) is 0 Å². The summed E-state index contributed by atoms with van der Waals surface area (Å²) in [4.78, 5) is 26.1. The number of carbonyl (C=O) groups is 2. The summed E-state index contributed by atoms with van der Waals surface area (Å²) >= 11 is 0. The Morgan fingerprint density at radius 1 is 1.15 bits per heavy atom. The predicted molar refractivity (Wildman–Crippen MR) is 50.2 cm³/mol. The predicted octanol–water partition coefficient (Wildman–Crippen LogP) is -0.858. The van der Waals surface area contributed by atoms with Crippen molar-refractivity contribution >= 4 is 19.9 Å². The second-order valence-electron chi connectivity index (χ2n) is 3.04. The van der Waals surface area contributed by atoms with E-state index in [4.69, 9.17) is 7.98 Å². The Hall–Kier alpha value is -1.04. The highest BCUT2D eigenvalue weighted by Gasteiger charge is 2.17. The average molecular weight is 183 g/mol. The summed E-state index contributed by atoms with van der Waals surface area (Å²) in [7, 11) is 11.4. The van der Waals surface area contributed by atoms with E-state index < -0.39 is 0 Å². The van der Waals surface area contributed by atoms with Crippen molar-refractivity contribution in [3.8, 4) is 0 Å². The Kier molecular flexibility index (Phi) is 4.47. The van der Waals surface area contributed by atoms with Gasteiger partial charge in [0, 0.05) is 21.1 Å². The highest BCUT2D eigenvalue weighted by Crippen LogP contribution is 1.92. The molecule has 3 amide bonds. The summed E-state index contributed by atoms with van der Waals surface area (Å²) in [5.41, 5.74) is 0. The van der Waals surface area contributed by atoms with Crippen molar-refractivity contribution < 1.29 is 9.59 Å². The fourth-order valence-electron chi connectivity index (χ4n) is 0.726. The van der Waals surface area contributed by atoms with Crippen LogP contribution in [0.15, 0.2) is 0 Å². The van der Waals surface area contributed by atoms with E-state index in [9.17, 15) is 9.59 Å². The fourth-order valence-corrected chi connectivity index (χ4v) is 0.726. The van der Waals surface area contributed by atoms with Gasteiger partial charge in [0.25, 0.3) is 0 Å². The van der Waals surface area contributed by atoms with E-state index in [1.165, 1.54) is 16.8 Å². The van der Waals surface area contributed by atoms with Crippen LogP contribution in [-0.2, 0) is 4.79 Å². The monoisotopic (exact) mass is 183 g/mol. The van der Waals surface area contributed by atoms with E-state index in [1.807, 2.05) is 0 Å². The molecule has 13 heavy (non-hydrogen) atoms. The topological polar surface area (TPSA) is 43.9 Å². The molecule has 6 heteroatoms. The summed E-state index contributed by atoms with van der Waals surface area (Å²) < 4.78 is 0. The fraction of sp³-hybridized carbons (Fsp3) is 0.714. The van der Waals surface area contributed by atoms with Crippen LogP contribution in [0.1, 0.15) is 0 Å². The molecular weight excluding hydrogens is 169 g/mol. The van der Waals surface area contributed by atoms with Crippen LogP contribution < -0.4 is 0 Å². The molecule has 0 aliphatic carbocycles. The van der Waals surface area contributed by atoms with E-state index in [0.29, 0.717) is 0 Å². The van der Waals surface area contributed by atoms with Gasteiger partial charge >= 0.3 is 6.03 Å². The highest BCUT2D eigenvalue weighted by molar-refractivity contribution is 6.06. The number of imide groups is 1. The Morgan fingerprint density at radius 3 is 1.92 bits per heavy atom. The van der Waals surface area contributed by atoms with Crippen LogP contribution in [0.2, 0.25) is 0 Å². The van der Waals surface area contributed by atoms with Gasteiger partial charge in [0.05, 0.1) is 6.54 Å². The Balaban J connectivity index is 4.18. The first-order chi connectivity index (χ1) is 5.86. The van der Waals surface area contributed by atoms with Gasteiger partial charge in [-0.15, -0.1) is 0 Å². The first-order valence-corrected chi connectivity index (χ1v) is 3.80. The minimum Gasteiger partial charge on any atom is -0.349 e. The smallest absolute Gasteiger partial charge is 0.325 e. The number of likely N-dealkylation sites (N-methyl/N-ethyl adjacent to an activating group) is 2. The maximum absolute atomic E-state index is 11.3. The van der Waals surface area contributed by atoms with Crippen molar-refractivity contribution in [2.75, 3.05) is 34.7 Å². The number of hydrogen-bond acceptors (Lipinski definition) is 3. The molecule has 72 valence electrons. The highest BCUT2D eigenvalue weighted by atomic mass is 16.2. The number of nitrogens with zero attached hydrogens (tertiary/aromatic N) is 3. The van der Waals surface area contributed by atoms with Crippen molar-refractivity contribution in [3.63, 3.8) is 0 Å². The van der Waals surface area contributed by atoms with Crippen molar-refractivity contribution in [3.05, 3.63) is 0 Å². The van der Waals surface area contributed by atoms with Crippen molar-refractivity contribution in [1.29, 1.82) is 0 Å². The normalized spacial score (nSPS) is 9.92. The lowest BCUT2D eigenvalue weighted by molar-refractivity contribution is -0.127. The molecule has 0 aromatic carbocycles. The van der Waals surface area contributed by atoms with Crippen LogP contribution in [-0.4, -0.2) is 69.3 Å². The minimum absolute atomic E-state index is 0.0239. The van der Waals surface area contributed by atoms with E-state index in [-0.39, 0.29) is 18.5 Å². The Bertz CT molecular complexity index is 206. The SMILES string of the molecule is [B]N(C)CC(=O)N(C)C(=O)N(C)C. The molecule has 0 aliphatic heterocycles. The van der Waals surface area contributed by atoms with Crippen LogP contribution in [0.5, 0.6) is 0 Å². The zero-order chi connectivity index (χ0) is 10.6. The summed E-state index contributed by atoms with van der Waals surface area (Å²) in [6.07, 6.45) is 0. The first-order valence-electron chi connectivity index (χ1n) is 3.80. The third kappa shape index (κ3) is 3.94. The standard InChI is InChI=1S/C7H14BN3O2/c1-9(2)7(13)11(4)6(12)5-10(3)8/h5H2,1-4H3. The number of urea groups is 1. The largest absolute Gasteiger partial charge is 0.349 e. The Morgan fingerprint density at radius 2 is 1.62 bits per heavy atom. The lowest BCUT2D eigenvalue weighted by Gasteiger charge is -2.21. The van der Waals surface area contributed by atoms with Crippen molar-refractivity contribution in [2.24, 2.45) is 0 Å². The van der Waals surface area contributed by atoms with Crippen LogP contribution in [0.25, 0.3) is 0 Å². The van der Waals surface area contributed by atoms with Gasteiger partial charge in [-0.3, -0.25) is 9.69 Å². The molecule has 0 fully saturated rings. The van der Waals surface area contributed by atoms with Gasteiger partial charge in [0.1, 0.15) is 0 Å². The van der Waals surface area contributed by atoms with Gasteiger partial charge in [-0.2, -0.15) is 0 Å². The zero-order valence-corrected chi connectivity index (χ0v) is 8.44. The lowest BCUT2D eigenvalue weighted by Crippen LogP contribution is -2.44. The first kappa shape index (κ1) is 12.0. The number of hydrogen-bond donors (Lipinski definition) is 0. The van der Waals surface area contributed by atoms with Crippen LogP contribution in [0, 0.1) is 0 Å². The molecule has 0 unspecified atom stereocenters. The molecule has 0 saturated carbocycles. The molecule has 2 radical (unpaired) electrons. The van der Waals surface area contributed by atoms with Crippen LogP contribution in [0.3, 0.4) is 0 Å². The molecule has 0 aliphatic rings. The molecule has 0 N–H and O–H groups in total. The maximum atomic E-state index is 11.3. The van der Waals surface area contributed by atoms with Gasteiger partial charge in [0.15, 0.2) is 7.98 Å². The zero-order valence-electron chi connectivity index (χ0n) is 8.44. The van der Waals surface area contributed by atoms with E-state index in [0.717, 1.165) is 4.90 Å². The molecule has 5 nitrogen and oxygen atoms in total. The van der Waals surface area contributed by atoms with E-state index in [1.54, 1.807) is 21.1 Å². The quantitative estimate of drug-likeness (QED) is 0.523. The average Bonchev–Trinajstić information content (AvgIpc) is 2.00. The summed E-state index contributed by atoms with van der Waals surface area (Å²) in [6, 6.07) is -0.355. The number of carbonyl (C=O) groups excluding carboxylic acids is 2. The van der Waals surface area contributed by atoms with Crippen molar-refractivity contribution in [2.45, 2.75) is 0 Å². The molecular formula is C7H14BN3O2. The molecule has 0 heterocycles. The molecule has 0 saturated heterocycles. The van der Waals surface area contributed by atoms with Gasteiger partial charge in [-0.1, -0.05) is 0 Å². The molecule has 0 rings (SSSR count). The second-order valence-corrected chi connectivity index (χ2v) is 3.04. The third-order valence-electron chi connectivity index (χ3n) is 1.43. The van der Waals surface area contributed by atoms with Crippen LogP contribution >= 0.6 is 0 Å².